The topological polar surface area (TPSA) is 12.0 Å². The van der Waals surface area contributed by atoms with Crippen LogP contribution < -0.4 is 5.32 Å². The molecule has 2 atom stereocenters. The van der Waals surface area contributed by atoms with E-state index in [0.29, 0.717) is 6.04 Å². The first-order valence-electron chi connectivity index (χ1n) is 6.66. The van der Waals surface area contributed by atoms with Gasteiger partial charge in [-0.2, -0.15) is 0 Å². The van der Waals surface area contributed by atoms with Gasteiger partial charge in [0.25, 0.3) is 0 Å². The number of nitrogens with one attached hydrogen (secondary N) is 1. The largest absolute Gasteiger partial charge is 0.311 e. The Bertz CT molecular complexity index is 367. The van der Waals surface area contributed by atoms with Gasteiger partial charge in [-0.1, -0.05) is 24.3 Å². The molecule has 1 fully saturated rings. The number of hydrogen-bond donors (Lipinski definition) is 1. The van der Waals surface area contributed by atoms with Crippen LogP contribution in [0.4, 0.5) is 0 Å². The molecule has 3 rings (SSSR count). The third kappa shape index (κ3) is 2.15. The van der Waals surface area contributed by atoms with Crippen molar-refractivity contribution >= 4 is 0 Å². The molecule has 1 aromatic carbocycles. The molecule has 1 saturated carbocycles. The molecule has 1 nitrogen and oxygen atoms in total. The maximum Gasteiger partial charge on any atom is 0.0113 e. The van der Waals surface area contributed by atoms with E-state index < -0.39 is 0 Å². The molecular formula is C15H21N. The van der Waals surface area contributed by atoms with Gasteiger partial charge in [0.1, 0.15) is 0 Å². The third-order valence-electron chi connectivity index (χ3n) is 4.17. The fraction of sp³-hybridized carbons (Fsp3) is 0.600. The van der Waals surface area contributed by atoms with Crippen LogP contribution in [-0.2, 0) is 12.8 Å². The Labute approximate surface area is 98.3 Å². The number of hydrogen-bond acceptors (Lipinski definition) is 1. The van der Waals surface area contributed by atoms with Crippen LogP contribution in [0.5, 0.6) is 0 Å². The molecule has 0 aromatic heterocycles. The van der Waals surface area contributed by atoms with Crippen molar-refractivity contribution in [3.8, 4) is 0 Å². The van der Waals surface area contributed by atoms with Gasteiger partial charge in [0.2, 0.25) is 0 Å². The zero-order valence-electron chi connectivity index (χ0n) is 10.1. The molecule has 1 heteroatoms. The van der Waals surface area contributed by atoms with Gasteiger partial charge in [-0.3, -0.25) is 0 Å². The van der Waals surface area contributed by atoms with Crippen LogP contribution in [-0.4, -0.2) is 12.1 Å². The predicted molar refractivity (Wildman–Crippen MR) is 67.6 cm³/mol. The second-order valence-corrected chi connectivity index (χ2v) is 5.50. The van der Waals surface area contributed by atoms with Crippen molar-refractivity contribution in [3.05, 3.63) is 35.4 Å². The minimum Gasteiger partial charge on any atom is -0.311 e. The molecule has 0 aliphatic heterocycles. The molecule has 0 saturated heterocycles. The molecule has 1 N–H and O–H groups in total. The monoisotopic (exact) mass is 215 g/mol. The maximum absolute atomic E-state index is 3.82. The first kappa shape index (κ1) is 10.3. The summed E-state index contributed by atoms with van der Waals surface area (Å²) in [5.41, 5.74) is 3.13. The van der Waals surface area contributed by atoms with Crippen molar-refractivity contribution in [1.82, 2.24) is 5.32 Å². The Morgan fingerprint density at radius 1 is 1.12 bits per heavy atom. The van der Waals surface area contributed by atoms with E-state index in [1.165, 1.54) is 32.1 Å². The van der Waals surface area contributed by atoms with Gasteiger partial charge in [-0.05, 0) is 56.1 Å². The number of rotatable bonds is 3. The number of fused-ring (bicyclic) bond motifs is 1. The van der Waals surface area contributed by atoms with E-state index in [1.807, 2.05) is 0 Å². The minimum atomic E-state index is 0.713. The van der Waals surface area contributed by atoms with Crippen LogP contribution >= 0.6 is 0 Å². The van der Waals surface area contributed by atoms with Gasteiger partial charge < -0.3 is 5.32 Å². The highest BCUT2D eigenvalue weighted by molar-refractivity contribution is 5.30. The summed E-state index contributed by atoms with van der Waals surface area (Å²) in [5, 5.41) is 3.82. The summed E-state index contributed by atoms with van der Waals surface area (Å²) in [6.07, 6.45) is 6.68. The van der Waals surface area contributed by atoms with Gasteiger partial charge in [-0.15, -0.1) is 0 Å². The molecule has 0 spiro atoms. The van der Waals surface area contributed by atoms with Crippen LogP contribution in [0.2, 0.25) is 0 Å². The highest BCUT2D eigenvalue weighted by Gasteiger charge is 2.30. The van der Waals surface area contributed by atoms with E-state index >= 15 is 0 Å². The van der Waals surface area contributed by atoms with E-state index in [2.05, 4.69) is 36.5 Å². The lowest BCUT2D eigenvalue weighted by Gasteiger charge is -2.28. The summed E-state index contributed by atoms with van der Waals surface area (Å²) in [6.45, 7) is 2.36. The highest BCUT2D eigenvalue weighted by Crippen LogP contribution is 2.33. The second kappa shape index (κ2) is 4.21. The first-order chi connectivity index (χ1) is 7.83. The molecule has 0 radical (unpaired) electrons. The summed E-state index contributed by atoms with van der Waals surface area (Å²) in [6, 6.07) is 10.4. The lowest BCUT2D eigenvalue weighted by Crippen LogP contribution is -2.41. The summed E-state index contributed by atoms with van der Waals surface area (Å²) in [4.78, 5) is 0. The van der Waals surface area contributed by atoms with Crippen molar-refractivity contribution in [2.24, 2.45) is 5.92 Å². The van der Waals surface area contributed by atoms with Crippen LogP contribution in [0.25, 0.3) is 0 Å². The fourth-order valence-electron chi connectivity index (χ4n) is 2.94. The van der Waals surface area contributed by atoms with Crippen LogP contribution in [0.15, 0.2) is 24.3 Å². The average molecular weight is 215 g/mol. The summed E-state index contributed by atoms with van der Waals surface area (Å²) >= 11 is 0. The van der Waals surface area contributed by atoms with E-state index in [-0.39, 0.29) is 0 Å². The Balaban J connectivity index is 1.63. The van der Waals surface area contributed by atoms with Gasteiger partial charge in [0.15, 0.2) is 0 Å². The molecule has 0 amide bonds. The first-order valence-corrected chi connectivity index (χ1v) is 6.66. The number of benzene rings is 1. The standard InChI is InChI=1S/C15H21N/c1-11(12-6-7-12)16-15-9-8-13-4-2-3-5-14(13)10-15/h2-5,11-12,15-16H,6-10H2,1H3. The van der Waals surface area contributed by atoms with Crippen molar-refractivity contribution < 1.29 is 0 Å². The molecule has 0 heterocycles. The van der Waals surface area contributed by atoms with Crippen molar-refractivity contribution in [1.29, 1.82) is 0 Å². The molecule has 16 heavy (non-hydrogen) atoms. The Hall–Kier alpha value is -0.820. The van der Waals surface area contributed by atoms with Crippen molar-refractivity contribution in [2.45, 2.75) is 51.1 Å². The van der Waals surface area contributed by atoms with Crippen LogP contribution in [0.3, 0.4) is 0 Å². The fourth-order valence-corrected chi connectivity index (χ4v) is 2.94. The average Bonchev–Trinajstić information content (AvgIpc) is 3.12. The summed E-state index contributed by atoms with van der Waals surface area (Å²) in [7, 11) is 0. The van der Waals surface area contributed by atoms with E-state index in [0.717, 1.165) is 12.0 Å². The molecule has 86 valence electrons. The van der Waals surface area contributed by atoms with E-state index in [1.54, 1.807) is 11.1 Å². The molecular weight excluding hydrogens is 194 g/mol. The zero-order chi connectivity index (χ0) is 11.0. The molecule has 1 aromatic rings. The zero-order valence-corrected chi connectivity index (χ0v) is 10.1. The van der Waals surface area contributed by atoms with E-state index in [9.17, 15) is 0 Å². The lowest BCUT2D eigenvalue weighted by molar-refractivity contribution is 0.384. The van der Waals surface area contributed by atoms with Crippen LogP contribution in [0.1, 0.15) is 37.3 Å². The smallest absolute Gasteiger partial charge is 0.0113 e. The van der Waals surface area contributed by atoms with Gasteiger partial charge in [0.05, 0.1) is 0 Å². The van der Waals surface area contributed by atoms with Gasteiger partial charge >= 0.3 is 0 Å². The molecule has 2 aliphatic carbocycles. The van der Waals surface area contributed by atoms with E-state index in [4.69, 9.17) is 0 Å². The lowest BCUT2D eigenvalue weighted by atomic mass is 9.88. The Morgan fingerprint density at radius 2 is 1.88 bits per heavy atom. The van der Waals surface area contributed by atoms with Gasteiger partial charge in [-0.25, -0.2) is 0 Å². The normalized spacial score (nSPS) is 26.2. The SMILES string of the molecule is CC(NC1CCc2ccccc2C1)C1CC1. The summed E-state index contributed by atoms with van der Waals surface area (Å²) < 4.78 is 0. The Kier molecular flexibility index (Phi) is 2.72. The Morgan fingerprint density at radius 3 is 2.62 bits per heavy atom. The second-order valence-electron chi connectivity index (χ2n) is 5.50. The molecule has 2 unspecified atom stereocenters. The van der Waals surface area contributed by atoms with Crippen molar-refractivity contribution in [3.63, 3.8) is 0 Å². The highest BCUT2D eigenvalue weighted by atomic mass is 15.0. The van der Waals surface area contributed by atoms with Gasteiger partial charge in [0, 0.05) is 12.1 Å². The number of aryl methyl sites for hydroxylation is 1. The molecule has 2 aliphatic rings. The third-order valence-corrected chi connectivity index (χ3v) is 4.17. The summed E-state index contributed by atoms with van der Waals surface area (Å²) in [5.74, 6) is 0.970. The quantitative estimate of drug-likeness (QED) is 0.817. The van der Waals surface area contributed by atoms with Crippen molar-refractivity contribution in [2.75, 3.05) is 0 Å². The van der Waals surface area contributed by atoms with Crippen LogP contribution in [0, 0.1) is 5.92 Å². The molecule has 0 bridgehead atoms. The maximum atomic E-state index is 3.82. The minimum absolute atomic E-state index is 0.713. The predicted octanol–water partition coefficient (Wildman–Crippen LogP) is 2.93.